The predicted octanol–water partition coefficient (Wildman–Crippen LogP) is 0.870. The molecule has 0 atom stereocenters. The molecule has 0 radical (unpaired) electrons. The Morgan fingerprint density at radius 1 is 0.903 bits per heavy atom. The third-order valence-electron chi connectivity index (χ3n) is 6.61. The van der Waals surface area contributed by atoms with Crippen LogP contribution >= 0.6 is 0 Å². The number of aryl methyl sites for hydroxylation is 1. The van der Waals surface area contributed by atoms with E-state index >= 15 is 0 Å². The molecule has 4 rings (SSSR count). The van der Waals surface area contributed by atoms with E-state index in [-0.39, 0.29) is 10.8 Å². The molecule has 1 aromatic rings. The Morgan fingerprint density at radius 3 is 2.16 bits per heavy atom. The first-order valence-electron chi connectivity index (χ1n) is 11.4. The topological polar surface area (TPSA) is 73.4 Å². The second kappa shape index (κ2) is 9.95. The molecule has 0 aromatic heterocycles. The Hall–Kier alpha value is -1.52. The number of ether oxygens (including phenoxy) is 1. The lowest BCUT2D eigenvalue weighted by molar-refractivity contribution is 0.0626. The van der Waals surface area contributed by atoms with Gasteiger partial charge in [-0.1, -0.05) is 6.07 Å². The molecule has 0 N–H and O–H groups in total. The predicted molar refractivity (Wildman–Crippen MR) is 119 cm³/mol. The van der Waals surface area contributed by atoms with Crippen molar-refractivity contribution in [2.24, 2.45) is 0 Å². The van der Waals surface area contributed by atoms with Crippen LogP contribution in [0.5, 0.6) is 0 Å². The van der Waals surface area contributed by atoms with Gasteiger partial charge < -0.3 is 14.5 Å². The molecule has 0 bridgehead atoms. The van der Waals surface area contributed by atoms with Gasteiger partial charge in [-0.15, -0.1) is 0 Å². The van der Waals surface area contributed by atoms with Crippen LogP contribution in [0.3, 0.4) is 0 Å². The van der Waals surface area contributed by atoms with E-state index in [4.69, 9.17) is 4.74 Å². The van der Waals surface area contributed by atoms with E-state index in [1.165, 1.54) is 30.2 Å². The van der Waals surface area contributed by atoms with Crippen LogP contribution in [-0.2, 0) is 14.8 Å². The molecule has 0 unspecified atom stereocenters. The number of nitrogens with zero attached hydrogens (tertiary/aromatic N) is 4. The second-order valence-corrected chi connectivity index (χ2v) is 10.6. The summed E-state index contributed by atoms with van der Waals surface area (Å²) in [5.74, 6) is -0.0855. The van der Waals surface area contributed by atoms with Crippen molar-refractivity contribution in [1.29, 1.82) is 0 Å². The van der Waals surface area contributed by atoms with E-state index in [9.17, 15) is 13.2 Å². The average Bonchev–Trinajstić information content (AvgIpc) is 3.32. The minimum Gasteiger partial charge on any atom is -0.379 e. The fourth-order valence-corrected chi connectivity index (χ4v) is 6.24. The number of amides is 1. The highest BCUT2D eigenvalue weighted by atomic mass is 32.2. The number of likely N-dealkylation sites (tertiary alicyclic amines) is 1. The van der Waals surface area contributed by atoms with Gasteiger partial charge in [0.15, 0.2) is 0 Å². The SMILES string of the molecule is Cc1ccc(C(=O)N2CCN(CCN3CCCC3)CC2)cc1S(=O)(=O)N1CCOCC1. The summed E-state index contributed by atoms with van der Waals surface area (Å²) in [6.07, 6.45) is 2.62. The molecule has 0 saturated carbocycles. The summed E-state index contributed by atoms with van der Waals surface area (Å²) in [7, 11) is -3.63. The smallest absolute Gasteiger partial charge is 0.253 e. The standard InChI is InChI=1S/C22H34N4O4S/c1-19-4-5-20(18-21(19)31(28,29)26-14-16-30-17-15-26)22(27)25-12-10-24(11-13-25)9-8-23-6-2-3-7-23/h4-5,18H,2-3,6-17H2,1H3. The zero-order valence-corrected chi connectivity index (χ0v) is 19.3. The summed E-state index contributed by atoms with van der Waals surface area (Å²) in [5, 5.41) is 0. The molecular weight excluding hydrogens is 416 g/mol. The molecular formula is C22H34N4O4S. The molecule has 1 aromatic carbocycles. The summed E-state index contributed by atoms with van der Waals surface area (Å²) < 4.78 is 33.0. The van der Waals surface area contributed by atoms with Crippen LogP contribution in [0, 0.1) is 6.92 Å². The molecule has 9 heteroatoms. The Balaban J connectivity index is 1.38. The summed E-state index contributed by atoms with van der Waals surface area (Å²) in [6, 6.07) is 5.05. The zero-order valence-electron chi connectivity index (χ0n) is 18.5. The number of hydrogen-bond acceptors (Lipinski definition) is 6. The maximum atomic E-state index is 13.1. The number of carbonyl (C=O) groups excluding carboxylic acids is 1. The lowest BCUT2D eigenvalue weighted by Gasteiger charge is -2.35. The molecule has 0 aliphatic carbocycles. The maximum absolute atomic E-state index is 13.1. The van der Waals surface area contributed by atoms with Crippen molar-refractivity contribution < 1.29 is 17.9 Å². The van der Waals surface area contributed by atoms with Gasteiger partial charge in [-0.3, -0.25) is 9.69 Å². The van der Waals surface area contributed by atoms with E-state index in [1.54, 1.807) is 25.1 Å². The normalized spacial score (nSPS) is 22.2. The summed E-state index contributed by atoms with van der Waals surface area (Å²) in [6.45, 7) is 10.9. The van der Waals surface area contributed by atoms with Crippen molar-refractivity contribution in [3.8, 4) is 0 Å². The van der Waals surface area contributed by atoms with Crippen molar-refractivity contribution in [2.75, 3.05) is 78.7 Å². The molecule has 0 spiro atoms. The molecule has 8 nitrogen and oxygen atoms in total. The Labute approximate surface area is 185 Å². The van der Waals surface area contributed by atoms with Crippen molar-refractivity contribution in [1.82, 2.24) is 19.0 Å². The van der Waals surface area contributed by atoms with Gasteiger partial charge in [0.05, 0.1) is 18.1 Å². The second-order valence-electron chi connectivity index (χ2n) is 8.68. The first kappa shape index (κ1) is 22.7. The number of sulfonamides is 1. The van der Waals surface area contributed by atoms with Crippen LogP contribution in [0.2, 0.25) is 0 Å². The van der Waals surface area contributed by atoms with Gasteiger partial charge in [-0.05, 0) is 50.6 Å². The van der Waals surface area contributed by atoms with E-state index in [0.717, 1.165) is 26.2 Å². The number of carbonyl (C=O) groups is 1. The van der Waals surface area contributed by atoms with Gasteiger partial charge in [0, 0.05) is 57.9 Å². The van der Waals surface area contributed by atoms with Crippen molar-refractivity contribution in [2.45, 2.75) is 24.7 Å². The third kappa shape index (κ3) is 5.28. The fourth-order valence-electron chi connectivity index (χ4n) is 4.58. The lowest BCUT2D eigenvalue weighted by Crippen LogP contribution is -2.50. The van der Waals surface area contributed by atoms with E-state index in [1.807, 2.05) is 4.90 Å². The summed E-state index contributed by atoms with van der Waals surface area (Å²) >= 11 is 0. The summed E-state index contributed by atoms with van der Waals surface area (Å²) in [4.78, 5) is 20.1. The van der Waals surface area contributed by atoms with Gasteiger partial charge in [0.1, 0.15) is 0 Å². The number of morpholine rings is 1. The average molecular weight is 451 g/mol. The van der Waals surface area contributed by atoms with Crippen molar-refractivity contribution in [3.05, 3.63) is 29.3 Å². The quantitative estimate of drug-likeness (QED) is 0.640. The van der Waals surface area contributed by atoms with Gasteiger partial charge in [-0.25, -0.2) is 8.42 Å². The maximum Gasteiger partial charge on any atom is 0.253 e. The minimum atomic E-state index is -3.63. The zero-order chi connectivity index (χ0) is 21.8. The van der Waals surface area contributed by atoms with E-state index in [0.29, 0.717) is 50.5 Å². The van der Waals surface area contributed by atoms with Crippen LogP contribution in [0.15, 0.2) is 23.1 Å². The van der Waals surface area contributed by atoms with E-state index < -0.39 is 10.0 Å². The first-order chi connectivity index (χ1) is 14.9. The van der Waals surface area contributed by atoms with Gasteiger partial charge >= 0.3 is 0 Å². The molecule has 3 fully saturated rings. The van der Waals surface area contributed by atoms with Crippen molar-refractivity contribution >= 4 is 15.9 Å². The molecule has 3 aliphatic rings. The lowest BCUT2D eigenvalue weighted by atomic mass is 10.1. The molecule has 3 saturated heterocycles. The van der Waals surface area contributed by atoms with Crippen LogP contribution < -0.4 is 0 Å². The Morgan fingerprint density at radius 2 is 1.52 bits per heavy atom. The van der Waals surface area contributed by atoms with Crippen LogP contribution in [-0.4, -0.2) is 112 Å². The number of rotatable bonds is 6. The molecule has 3 heterocycles. The minimum absolute atomic E-state index is 0.0855. The van der Waals surface area contributed by atoms with Gasteiger partial charge in [0.2, 0.25) is 10.0 Å². The number of hydrogen-bond donors (Lipinski definition) is 0. The molecule has 172 valence electrons. The highest BCUT2D eigenvalue weighted by Gasteiger charge is 2.29. The highest BCUT2D eigenvalue weighted by Crippen LogP contribution is 2.23. The molecule has 1 amide bonds. The van der Waals surface area contributed by atoms with E-state index in [2.05, 4.69) is 9.80 Å². The Bertz CT molecular complexity index is 871. The monoisotopic (exact) mass is 450 g/mol. The third-order valence-corrected chi connectivity index (χ3v) is 8.65. The molecule has 31 heavy (non-hydrogen) atoms. The Kier molecular flexibility index (Phi) is 7.28. The van der Waals surface area contributed by atoms with Crippen LogP contribution in [0.25, 0.3) is 0 Å². The first-order valence-corrected chi connectivity index (χ1v) is 12.8. The number of benzene rings is 1. The van der Waals surface area contributed by atoms with Crippen LogP contribution in [0.4, 0.5) is 0 Å². The highest BCUT2D eigenvalue weighted by molar-refractivity contribution is 7.89. The van der Waals surface area contributed by atoms with Crippen molar-refractivity contribution in [3.63, 3.8) is 0 Å². The number of piperazine rings is 1. The molecule has 3 aliphatic heterocycles. The fraction of sp³-hybridized carbons (Fsp3) is 0.682. The summed E-state index contributed by atoms with van der Waals surface area (Å²) in [5.41, 5.74) is 1.11. The van der Waals surface area contributed by atoms with Gasteiger partial charge in [0.25, 0.3) is 5.91 Å². The van der Waals surface area contributed by atoms with Gasteiger partial charge in [-0.2, -0.15) is 4.31 Å². The van der Waals surface area contributed by atoms with Crippen LogP contribution in [0.1, 0.15) is 28.8 Å². The largest absolute Gasteiger partial charge is 0.379 e.